The van der Waals surface area contributed by atoms with E-state index in [0.29, 0.717) is 11.6 Å². The number of benzene rings is 1. The van der Waals surface area contributed by atoms with Gasteiger partial charge in [0.15, 0.2) is 0 Å². The fourth-order valence-corrected chi connectivity index (χ4v) is 2.54. The van der Waals surface area contributed by atoms with Crippen LogP contribution in [0.4, 0.5) is 0 Å². The maximum absolute atomic E-state index is 11.5. The Morgan fingerprint density at radius 3 is 2.76 bits per heavy atom. The number of fused-ring (bicyclic) bond motifs is 1. The Labute approximate surface area is 98.6 Å². The lowest BCUT2D eigenvalue weighted by Gasteiger charge is -2.05. The van der Waals surface area contributed by atoms with Gasteiger partial charge in [0.2, 0.25) is 0 Å². The molecule has 1 fully saturated rings. The van der Waals surface area contributed by atoms with Crippen LogP contribution in [0.25, 0.3) is 10.9 Å². The summed E-state index contributed by atoms with van der Waals surface area (Å²) in [6.45, 7) is 1.91. The first-order valence-electron chi connectivity index (χ1n) is 5.73. The van der Waals surface area contributed by atoms with Gasteiger partial charge < -0.3 is 15.4 Å². The summed E-state index contributed by atoms with van der Waals surface area (Å²) in [7, 11) is 0. The predicted molar refractivity (Wildman–Crippen MR) is 65.1 cm³/mol. The second-order valence-electron chi connectivity index (χ2n) is 4.63. The van der Waals surface area contributed by atoms with E-state index in [9.17, 15) is 9.90 Å². The van der Waals surface area contributed by atoms with E-state index in [4.69, 9.17) is 5.73 Å². The summed E-state index contributed by atoms with van der Waals surface area (Å²) < 4.78 is 2.16. The number of phenols is 1. The highest BCUT2D eigenvalue weighted by molar-refractivity contribution is 6.08. The van der Waals surface area contributed by atoms with E-state index >= 15 is 0 Å². The van der Waals surface area contributed by atoms with Gasteiger partial charge in [-0.05, 0) is 38.0 Å². The number of rotatable bonds is 2. The van der Waals surface area contributed by atoms with Crippen LogP contribution in [0.15, 0.2) is 18.2 Å². The summed E-state index contributed by atoms with van der Waals surface area (Å²) >= 11 is 0. The molecular formula is C13H14N2O2. The van der Waals surface area contributed by atoms with Gasteiger partial charge in [-0.25, -0.2) is 0 Å². The molecule has 4 heteroatoms. The second-order valence-corrected chi connectivity index (χ2v) is 4.63. The van der Waals surface area contributed by atoms with Crippen LogP contribution < -0.4 is 5.73 Å². The highest BCUT2D eigenvalue weighted by Gasteiger charge is 2.29. The zero-order valence-corrected chi connectivity index (χ0v) is 9.60. The number of hydrogen-bond acceptors (Lipinski definition) is 2. The van der Waals surface area contributed by atoms with Gasteiger partial charge in [-0.1, -0.05) is 0 Å². The average molecular weight is 230 g/mol. The minimum absolute atomic E-state index is 0.160. The Morgan fingerprint density at radius 1 is 1.47 bits per heavy atom. The van der Waals surface area contributed by atoms with Crippen molar-refractivity contribution in [2.24, 2.45) is 5.73 Å². The van der Waals surface area contributed by atoms with E-state index in [0.717, 1.165) is 29.4 Å². The summed E-state index contributed by atoms with van der Waals surface area (Å²) in [5, 5.41) is 10.3. The van der Waals surface area contributed by atoms with Crippen molar-refractivity contribution in [3.05, 3.63) is 29.5 Å². The van der Waals surface area contributed by atoms with Gasteiger partial charge in [-0.3, -0.25) is 4.79 Å². The molecule has 0 aliphatic heterocycles. The van der Waals surface area contributed by atoms with Gasteiger partial charge in [-0.2, -0.15) is 0 Å². The number of aromatic hydroxyl groups is 1. The lowest BCUT2D eigenvalue weighted by Crippen LogP contribution is -2.12. The van der Waals surface area contributed by atoms with Crippen LogP contribution in [-0.4, -0.2) is 15.6 Å². The van der Waals surface area contributed by atoms with E-state index in [-0.39, 0.29) is 5.75 Å². The third kappa shape index (κ3) is 1.40. The number of primary amides is 1. The van der Waals surface area contributed by atoms with Crippen LogP contribution in [0.1, 0.15) is 34.9 Å². The quantitative estimate of drug-likeness (QED) is 0.829. The minimum atomic E-state index is -0.433. The topological polar surface area (TPSA) is 68.2 Å². The van der Waals surface area contributed by atoms with Crippen molar-refractivity contribution in [3.63, 3.8) is 0 Å². The van der Waals surface area contributed by atoms with Gasteiger partial charge in [0, 0.05) is 22.6 Å². The van der Waals surface area contributed by atoms with Crippen molar-refractivity contribution in [3.8, 4) is 5.75 Å². The molecule has 1 heterocycles. The standard InChI is InChI=1S/C13H14N2O2/c1-7-12(13(14)17)10-6-9(16)4-5-11(10)15(7)8-2-3-8/h4-6,8,16H,2-3H2,1H3,(H2,14,17). The number of nitrogens with two attached hydrogens (primary N) is 1. The lowest BCUT2D eigenvalue weighted by molar-refractivity contribution is 0.100. The van der Waals surface area contributed by atoms with E-state index in [1.165, 1.54) is 0 Å². The molecule has 0 saturated heterocycles. The predicted octanol–water partition coefficient (Wildman–Crippen LogP) is 2.09. The van der Waals surface area contributed by atoms with Crippen molar-refractivity contribution in [1.82, 2.24) is 4.57 Å². The molecule has 0 unspecified atom stereocenters. The normalized spacial score (nSPS) is 15.4. The third-order valence-electron chi connectivity index (χ3n) is 3.39. The summed E-state index contributed by atoms with van der Waals surface area (Å²) in [4.78, 5) is 11.5. The monoisotopic (exact) mass is 230 g/mol. The molecule has 1 saturated carbocycles. The maximum atomic E-state index is 11.5. The summed E-state index contributed by atoms with van der Waals surface area (Å²) in [6.07, 6.45) is 2.29. The number of aromatic nitrogens is 1. The van der Waals surface area contributed by atoms with Crippen molar-refractivity contribution in [2.45, 2.75) is 25.8 Å². The molecule has 1 aromatic heterocycles. The van der Waals surface area contributed by atoms with Gasteiger partial charge in [-0.15, -0.1) is 0 Å². The van der Waals surface area contributed by atoms with Crippen LogP contribution in [0.5, 0.6) is 5.75 Å². The van der Waals surface area contributed by atoms with Gasteiger partial charge in [0.25, 0.3) is 5.91 Å². The van der Waals surface area contributed by atoms with Crippen LogP contribution >= 0.6 is 0 Å². The Balaban J connectivity index is 2.41. The fourth-order valence-electron chi connectivity index (χ4n) is 2.54. The maximum Gasteiger partial charge on any atom is 0.251 e. The molecule has 2 aromatic rings. The Hall–Kier alpha value is -1.97. The van der Waals surface area contributed by atoms with Gasteiger partial charge in [0.05, 0.1) is 5.56 Å². The smallest absolute Gasteiger partial charge is 0.251 e. The molecule has 88 valence electrons. The molecule has 3 N–H and O–H groups in total. The molecule has 0 bridgehead atoms. The molecule has 4 nitrogen and oxygen atoms in total. The van der Waals surface area contributed by atoms with Crippen LogP contribution in [0.2, 0.25) is 0 Å². The largest absolute Gasteiger partial charge is 0.508 e. The Morgan fingerprint density at radius 2 is 2.18 bits per heavy atom. The third-order valence-corrected chi connectivity index (χ3v) is 3.39. The van der Waals surface area contributed by atoms with E-state index < -0.39 is 5.91 Å². The van der Waals surface area contributed by atoms with Gasteiger partial charge >= 0.3 is 0 Å². The summed E-state index contributed by atoms with van der Waals surface area (Å²) in [5.74, 6) is -0.273. The molecule has 17 heavy (non-hydrogen) atoms. The fraction of sp³-hybridized carbons (Fsp3) is 0.308. The van der Waals surface area contributed by atoms with E-state index in [1.807, 2.05) is 13.0 Å². The highest BCUT2D eigenvalue weighted by Crippen LogP contribution is 2.41. The summed E-state index contributed by atoms with van der Waals surface area (Å²) in [5.41, 5.74) is 7.85. The second kappa shape index (κ2) is 3.26. The molecule has 1 aliphatic rings. The number of nitrogens with zero attached hydrogens (tertiary/aromatic N) is 1. The average Bonchev–Trinajstić information content (AvgIpc) is 3.02. The minimum Gasteiger partial charge on any atom is -0.508 e. The number of hydrogen-bond donors (Lipinski definition) is 2. The Kier molecular flexibility index (Phi) is 1.96. The lowest BCUT2D eigenvalue weighted by atomic mass is 10.1. The number of carbonyl (C=O) groups is 1. The summed E-state index contributed by atoms with van der Waals surface area (Å²) in [6, 6.07) is 5.59. The molecular weight excluding hydrogens is 216 g/mol. The van der Waals surface area contributed by atoms with E-state index in [2.05, 4.69) is 4.57 Å². The number of amides is 1. The van der Waals surface area contributed by atoms with Crippen molar-refractivity contribution < 1.29 is 9.90 Å². The first-order valence-corrected chi connectivity index (χ1v) is 5.73. The molecule has 1 aliphatic carbocycles. The number of phenolic OH excluding ortho intramolecular Hbond substituents is 1. The zero-order chi connectivity index (χ0) is 12.2. The van der Waals surface area contributed by atoms with Crippen molar-refractivity contribution >= 4 is 16.8 Å². The molecule has 3 rings (SSSR count). The van der Waals surface area contributed by atoms with Crippen molar-refractivity contribution in [2.75, 3.05) is 0 Å². The molecule has 1 aromatic carbocycles. The molecule has 0 radical (unpaired) electrons. The molecule has 1 amide bonds. The van der Waals surface area contributed by atoms with Crippen LogP contribution in [0.3, 0.4) is 0 Å². The van der Waals surface area contributed by atoms with Crippen LogP contribution in [-0.2, 0) is 0 Å². The van der Waals surface area contributed by atoms with E-state index in [1.54, 1.807) is 12.1 Å². The Bertz CT molecular complexity index is 624. The number of carbonyl (C=O) groups excluding carboxylic acids is 1. The first-order chi connectivity index (χ1) is 8.09. The van der Waals surface area contributed by atoms with Crippen LogP contribution in [0, 0.1) is 6.92 Å². The van der Waals surface area contributed by atoms with Crippen molar-refractivity contribution in [1.29, 1.82) is 0 Å². The SMILES string of the molecule is Cc1c(C(N)=O)c2cc(O)ccc2n1C1CC1. The molecule has 0 atom stereocenters. The zero-order valence-electron chi connectivity index (χ0n) is 9.60. The highest BCUT2D eigenvalue weighted by atomic mass is 16.3. The first kappa shape index (κ1) is 10.2. The molecule has 0 spiro atoms. The van der Waals surface area contributed by atoms with Gasteiger partial charge in [0.1, 0.15) is 5.75 Å².